The maximum atomic E-state index is 11.3. The van der Waals surface area contributed by atoms with Gasteiger partial charge in [0, 0.05) is 19.1 Å². The summed E-state index contributed by atoms with van der Waals surface area (Å²) in [4.78, 5) is 29.0. The van der Waals surface area contributed by atoms with Crippen LogP contribution in [0.25, 0.3) is 0 Å². The van der Waals surface area contributed by atoms with Crippen LogP contribution in [0.4, 0.5) is 0 Å². The molecule has 0 saturated carbocycles. The fraction of sp³-hybridized carbons (Fsp3) is 0.500. The number of likely N-dealkylation sites (tertiary alicyclic amines) is 1. The molecule has 1 aromatic carbocycles. The maximum Gasteiger partial charge on any atom is 0.251 e. The van der Waals surface area contributed by atoms with Gasteiger partial charge in [0.15, 0.2) is 6.10 Å². The predicted octanol–water partition coefficient (Wildman–Crippen LogP) is 4.72. The monoisotopic (exact) mass is 529 g/mol. The lowest BCUT2D eigenvalue weighted by Gasteiger charge is -2.26. The van der Waals surface area contributed by atoms with E-state index < -0.39 is 18.6 Å². The summed E-state index contributed by atoms with van der Waals surface area (Å²) in [6, 6.07) is 7.71. The van der Waals surface area contributed by atoms with Crippen molar-refractivity contribution in [2.75, 3.05) is 13.2 Å². The van der Waals surface area contributed by atoms with Crippen molar-refractivity contribution >= 4 is 18.5 Å². The van der Waals surface area contributed by atoms with Crippen molar-refractivity contribution in [1.82, 2.24) is 10.2 Å². The van der Waals surface area contributed by atoms with Crippen molar-refractivity contribution in [1.29, 1.82) is 0 Å². The second-order valence-corrected chi connectivity index (χ2v) is 8.39. The Bertz CT molecular complexity index is 852. The van der Waals surface area contributed by atoms with E-state index in [9.17, 15) is 9.59 Å². The lowest BCUT2D eigenvalue weighted by Crippen LogP contribution is -2.36. The molecule has 212 valence electrons. The van der Waals surface area contributed by atoms with Gasteiger partial charge in [0.2, 0.25) is 6.41 Å². The molecule has 0 aromatic heterocycles. The molecule has 1 saturated heterocycles. The Morgan fingerprint density at radius 3 is 2.61 bits per heavy atom. The normalized spacial score (nSPS) is 16.4. The van der Waals surface area contributed by atoms with Crippen LogP contribution in [0.3, 0.4) is 0 Å². The van der Waals surface area contributed by atoms with Gasteiger partial charge in [-0.1, -0.05) is 68.4 Å². The number of carbonyl (C=O) groups is 2. The number of nitrogens with zero attached hydrogens (tertiary/aromatic N) is 2. The summed E-state index contributed by atoms with van der Waals surface area (Å²) < 4.78 is 0. The average Bonchev–Trinajstić information content (AvgIpc) is 3.44. The number of rotatable bonds is 14. The average molecular weight is 530 g/mol. The topological polar surface area (TPSA) is 111 Å². The fourth-order valence-corrected chi connectivity index (χ4v) is 3.74. The molecule has 0 spiro atoms. The van der Waals surface area contributed by atoms with E-state index in [1.54, 1.807) is 12.3 Å². The molecule has 1 fully saturated rings. The van der Waals surface area contributed by atoms with Crippen molar-refractivity contribution in [3.05, 3.63) is 72.5 Å². The van der Waals surface area contributed by atoms with Crippen molar-refractivity contribution in [3.8, 4) is 0 Å². The molecular weight excluding hydrogens is 482 g/mol. The molecule has 1 heterocycles. The van der Waals surface area contributed by atoms with E-state index in [2.05, 4.69) is 36.1 Å². The van der Waals surface area contributed by atoms with Crippen LogP contribution in [0.1, 0.15) is 70.9 Å². The van der Waals surface area contributed by atoms with Crippen LogP contribution in [-0.4, -0.2) is 58.9 Å². The second kappa shape index (κ2) is 22.9. The Balaban J connectivity index is 0.000000690. The lowest BCUT2D eigenvalue weighted by atomic mass is 9.92. The molecule has 1 aromatic rings. The van der Waals surface area contributed by atoms with Crippen molar-refractivity contribution in [2.24, 2.45) is 11.1 Å². The van der Waals surface area contributed by atoms with E-state index in [1.807, 2.05) is 56.0 Å². The Kier molecular flexibility index (Phi) is 21.0. The molecule has 0 aliphatic carbocycles. The molecule has 1 aliphatic heterocycles. The summed E-state index contributed by atoms with van der Waals surface area (Å²) in [7, 11) is 0. The van der Waals surface area contributed by atoms with Gasteiger partial charge < -0.3 is 25.3 Å². The third-order valence-corrected chi connectivity index (χ3v) is 5.68. The van der Waals surface area contributed by atoms with Gasteiger partial charge in [0.05, 0.1) is 12.8 Å². The Morgan fingerprint density at radius 2 is 2.03 bits per heavy atom. The van der Waals surface area contributed by atoms with E-state index >= 15 is 0 Å². The molecule has 3 N–H and O–H groups in total. The van der Waals surface area contributed by atoms with Crippen LogP contribution in [0.15, 0.2) is 66.6 Å². The fourth-order valence-electron chi connectivity index (χ4n) is 3.74. The zero-order valence-corrected chi connectivity index (χ0v) is 23.5. The number of aliphatic hydroxyl groups excluding tert-OH is 2. The summed E-state index contributed by atoms with van der Waals surface area (Å²) >= 11 is 0. The zero-order chi connectivity index (χ0) is 28.6. The first-order valence-electron chi connectivity index (χ1n) is 13.4. The minimum atomic E-state index is -1.38. The number of hydrogen-bond acceptors (Lipinski definition) is 6. The molecule has 38 heavy (non-hydrogen) atoms. The molecular formula is C30H47N3O5. The minimum absolute atomic E-state index is 0.280. The van der Waals surface area contributed by atoms with E-state index in [0.29, 0.717) is 12.0 Å². The number of allylic oxidation sites excluding steroid dienone is 3. The van der Waals surface area contributed by atoms with Gasteiger partial charge in [0.1, 0.15) is 6.26 Å². The van der Waals surface area contributed by atoms with Crippen molar-refractivity contribution in [3.63, 3.8) is 0 Å². The third-order valence-electron chi connectivity index (χ3n) is 5.68. The first kappa shape index (κ1) is 34.8. The van der Waals surface area contributed by atoms with Crippen LogP contribution in [0.5, 0.6) is 0 Å². The van der Waals surface area contributed by atoms with Crippen LogP contribution < -0.4 is 5.32 Å². The number of benzene rings is 1. The van der Waals surface area contributed by atoms with Crippen LogP contribution in [-0.2, 0) is 21.0 Å². The predicted molar refractivity (Wildman–Crippen MR) is 154 cm³/mol. The van der Waals surface area contributed by atoms with Crippen molar-refractivity contribution < 1.29 is 24.6 Å². The first-order chi connectivity index (χ1) is 18.5. The van der Waals surface area contributed by atoms with Gasteiger partial charge in [-0.2, -0.15) is 0 Å². The number of amides is 2. The highest BCUT2D eigenvalue weighted by atomic mass is 16.6. The summed E-state index contributed by atoms with van der Waals surface area (Å²) in [6.45, 7) is 12.4. The highest BCUT2D eigenvalue weighted by Crippen LogP contribution is 2.27. The SMILES string of the molecule is C/C=C\O/N=C/c1ccc(CNC(=O)C(O)CO)cc1.C=CCCC(/C=C\CC)C1CCCN1C=O.CC. The number of aliphatic hydroxyl groups is 2. The Morgan fingerprint density at radius 1 is 1.32 bits per heavy atom. The smallest absolute Gasteiger partial charge is 0.251 e. The molecule has 8 heteroatoms. The summed E-state index contributed by atoms with van der Waals surface area (Å²) in [5, 5.41) is 23.9. The van der Waals surface area contributed by atoms with Gasteiger partial charge in [-0.3, -0.25) is 9.59 Å². The van der Waals surface area contributed by atoms with Gasteiger partial charge in [-0.25, -0.2) is 0 Å². The Labute approximate surface area is 228 Å². The van der Waals surface area contributed by atoms with Crippen LogP contribution >= 0.6 is 0 Å². The first-order valence-corrected chi connectivity index (χ1v) is 13.4. The van der Waals surface area contributed by atoms with Gasteiger partial charge in [-0.05, 0) is 62.1 Å². The number of oxime groups is 1. The largest absolute Gasteiger partial charge is 0.393 e. The molecule has 0 radical (unpaired) electrons. The standard InChI is InChI=1S/C14H18N2O4.C14H23NO.C2H6/c1-2-7-20-16-9-12-5-3-11(4-6-12)8-15-14(19)13(18)10-17;1-3-5-8-13(9-6-4-2)14-10-7-11-15(14)12-16;1-2/h2-7,9,13,17-18H,8,10H2,1H3,(H,15,19);3,6,9,12-14H,1,4-5,7-8,10-11H2,2H3;1-2H3/b7-2-,16-9+;9-6-;. The van der Waals surface area contributed by atoms with E-state index in [1.165, 1.54) is 6.26 Å². The zero-order valence-electron chi connectivity index (χ0n) is 23.5. The summed E-state index contributed by atoms with van der Waals surface area (Å²) in [5.74, 6) is -0.0939. The molecule has 3 unspecified atom stereocenters. The minimum Gasteiger partial charge on any atom is -0.393 e. The van der Waals surface area contributed by atoms with Crippen LogP contribution in [0, 0.1) is 5.92 Å². The number of nitrogens with one attached hydrogen (secondary N) is 1. The van der Waals surface area contributed by atoms with Crippen LogP contribution in [0.2, 0.25) is 0 Å². The molecule has 8 nitrogen and oxygen atoms in total. The highest BCUT2D eigenvalue weighted by molar-refractivity contribution is 5.81. The van der Waals surface area contributed by atoms with E-state index in [4.69, 9.17) is 15.1 Å². The maximum absolute atomic E-state index is 11.3. The molecule has 1 aliphatic rings. The van der Waals surface area contributed by atoms with Gasteiger partial charge >= 0.3 is 0 Å². The van der Waals surface area contributed by atoms with Gasteiger partial charge in [-0.15, -0.1) is 6.58 Å². The second-order valence-electron chi connectivity index (χ2n) is 8.39. The lowest BCUT2D eigenvalue weighted by molar-refractivity contribution is -0.131. The number of hydrogen-bond donors (Lipinski definition) is 3. The molecule has 2 amide bonds. The molecule has 2 rings (SSSR count). The van der Waals surface area contributed by atoms with E-state index in [0.717, 1.165) is 56.2 Å². The summed E-state index contributed by atoms with van der Waals surface area (Å²) in [5.41, 5.74) is 1.73. The molecule has 0 bridgehead atoms. The summed E-state index contributed by atoms with van der Waals surface area (Å²) in [6.07, 6.45) is 16.4. The Hall–Kier alpha value is -3.23. The van der Waals surface area contributed by atoms with Gasteiger partial charge in [0.25, 0.3) is 5.91 Å². The highest BCUT2D eigenvalue weighted by Gasteiger charge is 2.28. The van der Waals surface area contributed by atoms with E-state index in [-0.39, 0.29) is 6.54 Å². The molecule has 3 atom stereocenters. The van der Waals surface area contributed by atoms with Crippen molar-refractivity contribution in [2.45, 2.75) is 78.5 Å². The quantitative estimate of drug-likeness (QED) is 0.106. The third kappa shape index (κ3) is 14.5. The number of carbonyl (C=O) groups excluding carboxylic acids is 2.